The second-order valence-corrected chi connectivity index (χ2v) is 8.11. The molecule has 7 heteroatoms. The topological polar surface area (TPSA) is 66.5 Å². The first-order chi connectivity index (χ1) is 9.76. The molecule has 0 spiro atoms. The number of nitrogens with one attached hydrogen (secondary N) is 1. The van der Waals surface area contributed by atoms with Crippen LogP contribution in [0.15, 0.2) is 22.7 Å². The minimum absolute atomic E-state index is 0.00612. The van der Waals surface area contributed by atoms with Gasteiger partial charge < -0.3 is 4.90 Å². The summed E-state index contributed by atoms with van der Waals surface area (Å²) in [5.41, 5.74) is 1.64. The monoisotopic (exact) mass is 374 g/mol. The van der Waals surface area contributed by atoms with Crippen molar-refractivity contribution in [2.75, 3.05) is 19.3 Å². The predicted molar refractivity (Wildman–Crippen MR) is 85.8 cm³/mol. The van der Waals surface area contributed by atoms with Crippen LogP contribution < -0.4 is 4.72 Å². The Hall–Kier alpha value is -0.920. The van der Waals surface area contributed by atoms with Crippen molar-refractivity contribution in [3.63, 3.8) is 0 Å². The van der Waals surface area contributed by atoms with E-state index in [0.717, 1.165) is 16.3 Å². The lowest BCUT2D eigenvalue weighted by Gasteiger charge is -2.32. The first kappa shape index (κ1) is 16.5. The summed E-state index contributed by atoms with van der Waals surface area (Å²) in [4.78, 5) is 14.3. The molecule has 1 heterocycles. The van der Waals surface area contributed by atoms with Gasteiger partial charge in [0.2, 0.25) is 10.0 Å². The summed E-state index contributed by atoms with van der Waals surface area (Å²) >= 11 is 3.38. The van der Waals surface area contributed by atoms with E-state index in [4.69, 9.17) is 0 Å². The molecule has 21 heavy (non-hydrogen) atoms. The Morgan fingerprint density at radius 1 is 1.33 bits per heavy atom. The molecule has 116 valence electrons. The van der Waals surface area contributed by atoms with Crippen LogP contribution in [0.4, 0.5) is 0 Å². The Kier molecular flexibility index (Phi) is 5.06. The Balaban J connectivity index is 2.02. The Morgan fingerprint density at radius 2 is 1.95 bits per heavy atom. The van der Waals surface area contributed by atoms with Crippen LogP contribution in [-0.2, 0) is 10.0 Å². The number of halogens is 1. The molecule has 1 aromatic carbocycles. The summed E-state index contributed by atoms with van der Waals surface area (Å²) in [7, 11) is -3.19. The van der Waals surface area contributed by atoms with Gasteiger partial charge in [-0.2, -0.15) is 0 Å². The minimum Gasteiger partial charge on any atom is -0.339 e. The SMILES string of the molecule is Cc1ccc(Br)cc1C(=O)N1CCC(NS(C)(=O)=O)CC1. The standard InChI is InChI=1S/C14H19BrN2O3S/c1-10-3-4-11(15)9-13(10)14(18)17-7-5-12(6-8-17)16-21(2,19)20/h3-4,9,12,16H,5-8H2,1-2H3. The van der Waals surface area contributed by atoms with E-state index < -0.39 is 10.0 Å². The minimum atomic E-state index is -3.19. The molecule has 5 nitrogen and oxygen atoms in total. The van der Waals surface area contributed by atoms with Crippen LogP contribution in [-0.4, -0.2) is 44.6 Å². The fourth-order valence-electron chi connectivity index (χ4n) is 2.50. The van der Waals surface area contributed by atoms with Gasteiger partial charge in [-0.1, -0.05) is 22.0 Å². The Morgan fingerprint density at radius 3 is 2.52 bits per heavy atom. The van der Waals surface area contributed by atoms with Gasteiger partial charge in [0.05, 0.1) is 6.26 Å². The van der Waals surface area contributed by atoms with Gasteiger partial charge in [0.25, 0.3) is 5.91 Å². The van der Waals surface area contributed by atoms with E-state index in [2.05, 4.69) is 20.7 Å². The van der Waals surface area contributed by atoms with Crippen LogP contribution in [0.25, 0.3) is 0 Å². The molecule has 0 unspecified atom stereocenters. The van der Waals surface area contributed by atoms with E-state index in [1.807, 2.05) is 25.1 Å². The third-order valence-corrected chi connectivity index (χ3v) is 4.85. The van der Waals surface area contributed by atoms with Gasteiger partial charge in [0, 0.05) is 29.2 Å². The van der Waals surface area contributed by atoms with Crippen molar-refractivity contribution in [1.82, 2.24) is 9.62 Å². The highest BCUT2D eigenvalue weighted by Crippen LogP contribution is 2.20. The van der Waals surface area contributed by atoms with Crippen molar-refractivity contribution in [2.24, 2.45) is 0 Å². The summed E-state index contributed by atoms with van der Waals surface area (Å²) in [6.45, 7) is 3.05. The Bertz CT molecular complexity index is 638. The number of amides is 1. The zero-order valence-electron chi connectivity index (χ0n) is 12.1. The van der Waals surface area contributed by atoms with Crippen LogP contribution in [0.5, 0.6) is 0 Å². The second kappa shape index (κ2) is 6.46. The number of aryl methyl sites for hydroxylation is 1. The zero-order valence-corrected chi connectivity index (χ0v) is 14.5. The fraction of sp³-hybridized carbons (Fsp3) is 0.500. The highest BCUT2D eigenvalue weighted by molar-refractivity contribution is 9.10. The van der Waals surface area contributed by atoms with Crippen molar-refractivity contribution in [1.29, 1.82) is 0 Å². The molecule has 1 fully saturated rings. The van der Waals surface area contributed by atoms with Gasteiger partial charge >= 0.3 is 0 Å². The fourth-order valence-corrected chi connectivity index (χ4v) is 3.70. The molecule has 0 bridgehead atoms. The van der Waals surface area contributed by atoms with Gasteiger partial charge in [0.1, 0.15) is 0 Å². The first-order valence-corrected chi connectivity index (χ1v) is 9.47. The van der Waals surface area contributed by atoms with Crippen molar-refractivity contribution >= 4 is 31.9 Å². The molecule has 0 atom stereocenters. The average Bonchev–Trinajstić information content (AvgIpc) is 2.40. The lowest BCUT2D eigenvalue weighted by Crippen LogP contribution is -2.46. The summed E-state index contributed by atoms with van der Waals surface area (Å²) in [6.07, 6.45) is 2.45. The highest BCUT2D eigenvalue weighted by Gasteiger charge is 2.25. The molecule has 0 radical (unpaired) electrons. The van der Waals surface area contributed by atoms with E-state index >= 15 is 0 Å². The van der Waals surface area contributed by atoms with Crippen LogP contribution in [0.2, 0.25) is 0 Å². The van der Waals surface area contributed by atoms with E-state index in [0.29, 0.717) is 31.5 Å². The number of hydrogen-bond acceptors (Lipinski definition) is 3. The zero-order chi connectivity index (χ0) is 15.6. The molecule has 1 N–H and O–H groups in total. The molecule has 0 aliphatic carbocycles. The van der Waals surface area contributed by atoms with Gasteiger partial charge in [-0.05, 0) is 37.5 Å². The molecule has 2 rings (SSSR count). The lowest BCUT2D eigenvalue weighted by molar-refractivity contribution is 0.0710. The van der Waals surface area contributed by atoms with Gasteiger partial charge in [-0.15, -0.1) is 0 Å². The van der Waals surface area contributed by atoms with Gasteiger partial charge in [-0.3, -0.25) is 4.79 Å². The average molecular weight is 375 g/mol. The Labute approximate surface area is 133 Å². The number of carbonyl (C=O) groups excluding carboxylic acids is 1. The highest BCUT2D eigenvalue weighted by atomic mass is 79.9. The van der Waals surface area contributed by atoms with Crippen LogP contribution in [0, 0.1) is 6.92 Å². The predicted octanol–water partition coefficient (Wildman–Crippen LogP) is 1.91. The van der Waals surface area contributed by atoms with E-state index in [-0.39, 0.29) is 11.9 Å². The number of piperidine rings is 1. The summed E-state index contributed by atoms with van der Waals surface area (Å²) < 4.78 is 25.9. The van der Waals surface area contributed by atoms with Crippen molar-refractivity contribution in [3.8, 4) is 0 Å². The number of sulfonamides is 1. The third-order valence-electron chi connectivity index (χ3n) is 3.59. The number of hydrogen-bond donors (Lipinski definition) is 1. The number of likely N-dealkylation sites (tertiary alicyclic amines) is 1. The molecule has 1 aromatic rings. The van der Waals surface area contributed by atoms with Crippen LogP contribution in [0.3, 0.4) is 0 Å². The normalized spacial score (nSPS) is 17.0. The van der Waals surface area contributed by atoms with Crippen molar-refractivity contribution in [3.05, 3.63) is 33.8 Å². The largest absolute Gasteiger partial charge is 0.339 e. The second-order valence-electron chi connectivity index (χ2n) is 5.42. The number of nitrogens with zero attached hydrogens (tertiary/aromatic N) is 1. The van der Waals surface area contributed by atoms with Gasteiger partial charge in [-0.25, -0.2) is 13.1 Å². The third kappa shape index (κ3) is 4.52. The summed E-state index contributed by atoms with van der Waals surface area (Å²) in [5.74, 6) is 0.00612. The molecule has 0 aromatic heterocycles. The number of carbonyl (C=O) groups is 1. The molecular formula is C14H19BrN2O3S. The van der Waals surface area contributed by atoms with E-state index in [1.165, 1.54) is 0 Å². The number of rotatable bonds is 3. The van der Waals surface area contributed by atoms with Crippen molar-refractivity contribution in [2.45, 2.75) is 25.8 Å². The molecule has 1 aliphatic heterocycles. The van der Waals surface area contributed by atoms with Crippen LogP contribution >= 0.6 is 15.9 Å². The van der Waals surface area contributed by atoms with Gasteiger partial charge in [0.15, 0.2) is 0 Å². The quantitative estimate of drug-likeness (QED) is 0.878. The molecule has 0 saturated carbocycles. The molecule has 1 amide bonds. The smallest absolute Gasteiger partial charge is 0.254 e. The first-order valence-electron chi connectivity index (χ1n) is 6.79. The molecule has 1 aliphatic rings. The van der Waals surface area contributed by atoms with Crippen LogP contribution in [0.1, 0.15) is 28.8 Å². The summed E-state index contributed by atoms with van der Waals surface area (Å²) in [5, 5.41) is 0. The lowest BCUT2D eigenvalue weighted by atomic mass is 10.0. The maximum Gasteiger partial charge on any atom is 0.254 e. The maximum atomic E-state index is 12.5. The summed E-state index contributed by atoms with van der Waals surface area (Å²) in [6, 6.07) is 5.58. The van der Waals surface area contributed by atoms with E-state index in [9.17, 15) is 13.2 Å². The van der Waals surface area contributed by atoms with Crippen molar-refractivity contribution < 1.29 is 13.2 Å². The maximum absolute atomic E-state index is 12.5. The molecular weight excluding hydrogens is 356 g/mol. The molecule has 1 saturated heterocycles. The van der Waals surface area contributed by atoms with E-state index in [1.54, 1.807) is 4.90 Å². The number of benzene rings is 1.